The van der Waals surface area contributed by atoms with Gasteiger partial charge in [-0.3, -0.25) is 4.79 Å². The van der Waals surface area contributed by atoms with Crippen LogP contribution in [-0.2, 0) is 11.4 Å². The Kier molecular flexibility index (Phi) is 5.45. The van der Waals surface area contributed by atoms with Crippen LogP contribution in [0.4, 0.5) is 0 Å². The lowest BCUT2D eigenvalue weighted by molar-refractivity contribution is -0.118. The average molecular weight is 487 g/mol. The number of hydrogen-bond donors (Lipinski definition) is 0. The first-order valence-electron chi connectivity index (χ1n) is 10.2. The highest BCUT2D eigenvalue weighted by molar-refractivity contribution is 9.10. The predicted molar refractivity (Wildman–Crippen MR) is 130 cm³/mol. The summed E-state index contributed by atoms with van der Waals surface area (Å²) < 4.78 is 12.5. The molecule has 5 nitrogen and oxygen atoms in total. The van der Waals surface area contributed by atoms with Gasteiger partial charge < -0.3 is 9.47 Å². The topological polar surface area (TPSA) is 60.2 Å². The number of fused-ring (bicyclic) bond motifs is 2. The summed E-state index contributed by atoms with van der Waals surface area (Å²) in [5.41, 5.74) is 2.44. The van der Waals surface area contributed by atoms with Crippen LogP contribution in [-0.4, -0.2) is 24.6 Å². The molecule has 0 radical (unpaired) electrons. The summed E-state index contributed by atoms with van der Waals surface area (Å²) in [5, 5.41) is 2.32. The van der Waals surface area contributed by atoms with Crippen molar-refractivity contribution in [2.45, 2.75) is 6.61 Å². The second-order valence-electron chi connectivity index (χ2n) is 7.45. The maximum absolute atomic E-state index is 12.5. The molecule has 1 amide bonds. The van der Waals surface area contributed by atoms with Gasteiger partial charge in [-0.2, -0.15) is 4.99 Å². The highest BCUT2D eigenvalue weighted by Gasteiger charge is 2.27. The van der Waals surface area contributed by atoms with E-state index in [0.717, 1.165) is 10.9 Å². The number of amidine groups is 1. The number of hydrogen-bond acceptors (Lipinski definition) is 4. The van der Waals surface area contributed by atoms with Crippen molar-refractivity contribution in [3.8, 4) is 11.5 Å². The highest BCUT2D eigenvalue weighted by atomic mass is 79.9. The van der Waals surface area contributed by atoms with Crippen LogP contribution in [0.25, 0.3) is 10.8 Å². The molecule has 2 aliphatic rings. The number of amides is 1. The van der Waals surface area contributed by atoms with Gasteiger partial charge in [0.2, 0.25) is 0 Å². The second-order valence-corrected chi connectivity index (χ2v) is 8.30. The SMILES string of the molecule is COc1cc(C2=NC(=O)C3C=CC=CC3=N2)cc(Br)c1OCc1cccc2ccccc12. The standard InChI is InChI=1S/C26H19BrN2O3/c1-31-23-14-18(25-28-22-12-5-4-11-20(22)26(30)29-25)13-21(27)24(23)32-15-17-9-6-8-16-7-2-3-10-19(16)17/h2-14,20H,15H2,1H3. The fourth-order valence-electron chi connectivity index (χ4n) is 3.85. The van der Waals surface area contributed by atoms with Crippen molar-refractivity contribution < 1.29 is 14.3 Å². The van der Waals surface area contributed by atoms with E-state index in [1.165, 1.54) is 5.39 Å². The molecule has 0 spiro atoms. The molecule has 1 heterocycles. The Hall–Kier alpha value is -3.51. The van der Waals surface area contributed by atoms with Gasteiger partial charge in [0.15, 0.2) is 17.3 Å². The average Bonchev–Trinajstić information content (AvgIpc) is 2.82. The summed E-state index contributed by atoms with van der Waals surface area (Å²) in [5.74, 6) is 0.847. The molecule has 1 atom stereocenters. The van der Waals surface area contributed by atoms with Crippen molar-refractivity contribution in [1.29, 1.82) is 0 Å². The molecule has 0 fully saturated rings. The summed E-state index contributed by atoms with van der Waals surface area (Å²) >= 11 is 3.59. The number of benzene rings is 3. The molecule has 0 saturated heterocycles. The first-order chi connectivity index (χ1) is 15.6. The number of nitrogens with zero attached hydrogens (tertiary/aromatic N) is 2. The molecular weight excluding hydrogens is 468 g/mol. The van der Waals surface area contributed by atoms with Gasteiger partial charge >= 0.3 is 0 Å². The van der Waals surface area contributed by atoms with Gasteiger partial charge in [-0.25, -0.2) is 4.99 Å². The van der Waals surface area contributed by atoms with Crippen LogP contribution in [0.3, 0.4) is 0 Å². The van der Waals surface area contributed by atoms with E-state index >= 15 is 0 Å². The van der Waals surface area contributed by atoms with Crippen molar-refractivity contribution in [2.75, 3.05) is 7.11 Å². The van der Waals surface area contributed by atoms with Gasteiger partial charge in [0, 0.05) is 5.56 Å². The molecule has 0 aromatic heterocycles. The Morgan fingerprint density at radius 3 is 2.75 bits per heavy atom. The molecule has 0 bridgehead atoms. The molecule has 32 heavy (non-hydrogen) atoms. The molecule has 1 aliphatic heterocycles. The van der Waals surface area contributed by atoms with E-state index in [-0.39, 0.29) is 5.91 Å². The Balaban J connectivity index is 1.45. The molecule has 3 aromatic carbocycles. The zero-order valence-electron chi connectivity index (χ0n) is 17.3. The van der Waals surface area contributed by atoms with Gasteiger partial charge in [-0.15, -0.1) is 0 Å². The van der Waals surface area contributed by atoms with Crippen LogP contribution in [0.15, 0.2) is 93.4 Å². The van der Waals surface area contributed by atoms with Crippen LogP contribution in [0.5, 0.6) is 11.5 Å². The second kappa shape index (κ2) is 8.55. The predicted octanol–water partition coefficient (Wildman–Crippen LogP) is 5.66. The highest BCUT2D eigenvalue weighted by Crippen LogP contribution is 2.38. The molecule has 0 N–H and O–H groups in total. The molecule has 5 rings (SSSR count). The minimum Gasteiger partial charge on any atom is -0.493 e. The van der Waals surface area contributed by atoms with Gasteiger partial charge in [0.05, 0.1) is 17.3 Å². The quantitative estimate of drug-likeness (QED) is 0.467. The number of halogens is 1. The van der Waals surface area contributed by atoms with Gasteiger partial charge in [-0.05, 0) is 50.5 Å². The van der Waals surface area contributed by atoms with Crippen LogP contribution in [0.2, 0.25) is 0 Å². The Morgan fingerprint density at radius 2 is 1.88 bits per heavy atom. The number of rotatable bonds is 5. The van der Waals surface area contributed by atoms with Gasteiger partial charge in [0.25, 0.3) is 5.91 Å². The van der Waals surface area contributed by atoms with Crippen LogP contribution < -0.4 is 9.47 Å². The smallest absolute Gasteiger partial charge is 0.260 e. The van der Waals surface area contributed by atoms with E-state index in [1.807, 2.05) is 48.6 Å². The minimum absolute atomic E-state index is 0.225. The summed E-state index contributed by atoms with van der Waals surface area (Å²) in [4.78, 5) is 21.3. The number of ether oxygens (including phenoxy) is 2. The summed E-state index contributed by atoms with van der Waals surface area (Å²) in [7, 11) is 1.58. The Morgan fingerprint density at radius 1 is 1.03 bits per heavy atom. The fraction of sp³-hybridized carbons (Fsp3) is 0.115. The molecule has 158 valence electrons. The zero-order valence-corrected chi connectivity index (χ0v) is 18.9. The minimum atomic E-state index is -0.405. The molecule has 0 saturated carbocycles. The number of carbonyl (C=O) groups is 1. The van der Waals surface area contributed by atoms with Crippen molar-refractivity contribution in [1.82, 2.24) is 0 Å². The molecule has 1 aliphatic carbocycles. The largest absolute Gasteiger partial charge is 0.493 e. The van der Waals surface area contributed by atoms with E-state index in [4.69, 9.17) is 9.47 Å². The number of allylic oxidation sites excluding steroid dienone is 3. The normalized spacial score (nSPS) is 17.1. The first-order valence-corrected chi connectivity index (χ1v) is 11.0. The Bertz CT molecular complexity index is 1350. The molecular formula is C26H19BrN2O3. The lowest BCUT2D eigenvalue weighted by atomic mass is 9.96. The van der Waals surface area contributed by atoms with E-state index in [2.05, 4.69) is 50.2 Å². The summed E-state index contributed by atoms with van der Waals surface area (Å²) in [6, 6.07) is 18.0. The van der Waals surface area contributed by atoms with Crippen LogP contribution >= 0.6 is 15.9 Å². The summed E-state index contributed by atoms with van der Waals surface area (Å²) in [6.45, 7) is 0.385. The van der Waals surface area contributed by atoms with Crippen molar-refractivity contribution in [3.05, 3.63) is 94.5 Å². The fourth-order valence-corrected chi connectivity index (χ4v) is 4.41. The van der Waals surface area contributed by atoms with Gasteiger partial charge in [-0.1, -0.05) is 60.7 Å². The maximum Gasteiger partial charge on any atom is 0.260 e. The van der Waals surface area contributed by atoms with Crippen LogP contribution in [0, 0.1) is 5.92 Å². The van der Waals surface area contributed by atoms with Crippen LogP contribution in [0.1, 0.15) is 11.1 Å². The zero-order chi connectivity index (χ0) is 22.1. The third-order valence-electron chi connectivity index (χ3n) is 5.46. The van der Waals surface area contributed by atoms with E-state index in [1.54, 1.807) is 13.2 Å². The summed E-state index contributed by atoms with van der Waals surface area (Å²) in [6.07, 6.45) is 7.35. The maximum atomic E-state index is 12.5. The number of carbonyl (C=O) groups excluding carboxylic acids is 1. The lowest BCUT2D eigenvalue weighted by Crippen LogP contribution is -2.27. The molecule has 1 unspecified atom stereocenters. The number of aliphatic imine (C=N–C) groups is 2. The monoisotopic (exact) mass is 486 g/mol. The third-order valence-corrected chi connectivity index (χ3v) is 6.05. The van der Waals surface area contributed by atoms with E-state index in [0.29, 0.717) is 39.7 Å². The number of methoxy groups -OCH3 is 1. The van der Waals surface area contributed by atoms with Crippen molar-refractivity contribution in [3.63, 3.8) is 0 Å². The Labute approximate surface area is 193 Å². The van der Waals surface area contributed by atoms with Gasteiger partial charge in [0.1, 0.15) is 12.5 Å². The first kappa shape index (κ1) is 20.4. The molecule has 3 aromatic rings. The van der Waals surface area contributed by atoms with E-state index < -0.39 is 5.92 Å². The third kappa shape index (κ3) is 3.78. The molecule has 6 heteroatoms. The lowest BCUT2D eigenvalue weighted by Gasteiger charge is -2.19. The van der Waals surface area contributed by atoms with Crippen molar-refractivity contribution in [2.24, 2.45) is 15.9 Å². The van der Waals surface area contributed by atoms with Crippen molar-refractivity contribution >= 4 is 44.2 Å². The van der Waals surface area contributed by atoms with E-state index in [9.17, 15) is 4.79 Å².